The highest BCUT2D eigenvalue weighted by Gasteiger charge is 2.64. The average Bonchev–Trinajstić information content (AvgIpc) is 2.54. The van der Waals surface area contributed by atoms with Crippen LogP contribution >= 0.6 is 0 Å². The highest BCUT2D eigenvalue weighted by molar-refractivity contribution is 5.78. The largest absolute Gasteiger partial charge is 0.623 e. The van der Waals surface area contributed by atoms with E-state index in [1.165, 1.54) is 36.8 Å². The van der Waals surface area contributed by atoms with Crippen molar-refractivity contribution >= 4 is 5.71 Å². The predicted octanol–water partition coefficient (Wildman–Crippen LogP) is 2.95. The Morgan fingerprint density at radius 1 is 1.06 bits per heavy atom. The molecule has 1 aliphatic heterocycles. The van der Waals surface area contributed by atoms with Crippen molar-refractivity contribution in [3.05, 3.63) is 5.21 Å². The van der Waals surface area contributed by atoms with Crippen molar-refractivity contribution in [2.45, 2.75) is 57.4 Å². The minimum atomic E-state index is 0.0670. The second kappa shape index (κ2) is 2.83. The van der Waals surface area contributed by atoms with Gasteiger partial charge in [-0.15, -0.1) is 0 Å². The van der Waals surface area contributed by atoms with Gasteiger partial charge in [-0.2, -0.15) is 0 Å². The number of hydrogen-bond donors (Lipinski definition) is 0. The molecule has 2 heteroatoms. The predicted molar refractivity (Wildman–Crippen MR) is 63.3 cm³/mol. The summed E-state index contributed by atoms with van der Waals surface area (Å²) >= 11 is 0. The molecule has 0 unspecified atom stereocenters. The van der Waals surface area contributed by atoms with Crippen LogP contribution in [-0.4, -0.2) is 16.0 Å². The monoisotopic (exact) mass is 219 g/mol. The first kappa shape index (κ1) is 9.49. The third-order valence-corrected chi connectivity index (χ3v) is 6.16. The van der Waals surface area contributed by atoms with Crippen molar-refractivity contribution < 1.29 is 4.74 Å². The molecule has 4 bridgehead atoms. The van der Waals surface area contributed by atoms with Gasteiger partial charge in [0.05, 0.1) is 0 Å². The van der Waals surface area contributed by atoms with Crippen molar-refractivity contribution in [2.75, 3.05) is 0 Å². The van der Waals surface area contributed by atoms with E-state index in [-0.39, 0.29) is 5.54 Å². The Bertz CT molecular complexity index is 343. The quantitative estimate of drug-likeness (QED) is 0.454. The van der Waals surface area contributed by atoms with Gasteiger partial charge in [-0.1, -0.05) is 0 Å². The van der Waals surface area contributed by atoms with Crippen LogP contribution in [0.4, 0.5) is 0 Å². The molecule has 0 aromatic carbocycles. The maximum Gasteiger partial charge on any atom is 0.178 e. The molecular weight excluding hydrogens is 198 g/mol. The van der Waals surface area contributed by atoms with Crippen molar-refractivity contribution in [1.29, 1.82) is 0 Å². The van der Waals surface area contributed by atoms with E-state index in [9.17, 15) is 5.21 Å². The maximum atomic E-state index is 12.5. The maximum absolute atomic E-state index is 12.5. The molecule has 4 fully saturated rings. The number of nitrogens with zero attached hydrogens (tertiary/aromatic N) is 1. The van der Waals surface area contributed by atoms with Crippen LogP contribution in [0.3, 0.4) is 0 Å². The Hall–Kier alpha value is -0.530. The highest BCUT2D eigenvalue weighted by atomic mass is 16.5. The molecule has 16 heavy (non-hydrogen) atoms. The molecule has 4 saturated carbocycles. The van der Waals surface area contributed by atoms with Crippen LogP contribution in [-0.2, 0) is 0 Å². The normalized spacial score (nSPS) is 54.3. The summed E-state index contributed by atoms with van der Waals surface area (Å²) in [7, 11) is 0. The smallest absolute Gasteiger partial charge is 0.178 e. The van der Waals surface area contributed by atoms with E-state index in [2.05, 4.69) is 0 Å². The lowest BCUT2D eigenvalue weighted by molar-refractivity contribution is -0.578. The molecule has 0 radical (unpaired) electrons. The molecule has 5 rings (SSSR count). The van der Waals surface area contributed by atoms with Gasteiger partial charge in [0.1, 0.15) is 0 Å². The van der Waals surface area contributed by atoms with Crippen molar-refractivity contribution in [3.8, 4) is 0 Å². The summed E-state index contributed by atoms with van der Waals surface area (Å²) in [6.07, 6.45) is 9.14. The van der Waals surface area contributed by atoms with E-state index in [0.717, 1.165) is 42.2 Å². The molecule has 0 atom stereocenters. The van der Waals surface area contributed by atoms with Crippen molar-refractivity contribution in [3.63, 3.8) is 0 Å². The summed E-state index contributed by atoms with van der Waals surface area (Å²) in [4.78, 5) is 0. The summed E-state index contributed by atoms with van der Waals surface area (Å²) in [6, 6.07) is 0. The fraction of sp³-hybridized carbons (Fsp3) is 0.929. The average molecular weight is 219 g/mol. The van der Waals surface area contributed by atoms with Gasteiger partial charge in [-0.3, -0.25) is 0 Å². The lowest BCUT2D eigenvalue weighted by Crippen LogP contribution is -2.60. The molecule has 0 N–H and O–H groups in total. The topological polar surface area (TPSA) is 26.1 Å². The van der Waals surface area contributed by atoms with Crippen molar-refractivity contribution in [2.24, 2.45) is 23.7 Å². The van der Waals surface area contributed by atoms with Gasteiger partial charge < -0.3 is 5.21 Å². The van der Waals surface area contributed by atoms with Crippen LogP contribution < -0.4 is 0 Å². The Balaban J connectivity index is 1.80. The molecule has 0 aromatic heterocycles. The standard InChI is InChI=1S/C14H21NO/c1-9-2-3-14(15(9)16)12-5-10-4-11(7-12)8-13(14)6-10/h10-13H,2-8H2,1H3. The van der Waals surface area contributed by atoms with Crippen LogP contribution in [0.25, 0.3) is 0 Å². The number of hydrogen-bond acceptors (Lipinski definition) is 1. The van der Waals surface area contributed by atoms with E-state index in [1.54, 1.807) is 0 Å². The Labute approximate surface area is 97.3 Å². The number of rotatable bonds is 0. The fourth-order valence-corrected chi connectivity index (χ4v) is 5.68. The first-order valence-electron chi connectivity index (χ1n) is 7.00. The molecule has 5 aliphatic rings. The summed E-state index contributed by atoms with van der Waals surface area (Å²) in [6.45, 7) is 2.05. The van der Waals surface area contributed by atoms with Gasteiger partial charge in [-0.05, 0) is 43.9 Å². The first-order chi connectivity index (χ1) is 7.70. The minimum absolute atomic E-state index is 0.0670. The van der Waals surface area contributed by atoms with Crippen LogP contribution in [0.1, 0.15) is 51.9 Å². The molecule has 1 spiro atoms. The van der Waals surface area contributed by atoms with Crippen LogP contribution in [0.5, 0.6) is 0 Å². The van der Waals surface area contributed by atoms with E-state index < -0.39 is 0 Å². The lowest BCUT2D eigenvalue weighted by atomic mass is 9.48. The van der Waals surface area contributed by atoms with Crippen LogP contribution in [0.15, 0.2) is 0 Å². The van der Waals surface area contributed by atoms with Crippen molar-refractivity contribution in [1.82, 2.24) is 0 Å². The highest BCUT2D eigenvalue weighted by Crippen LogP contribution is 2.61. The molecule has 1 heterocycles. The lowest BCUT2D eigenvalue weighted by Gasteiger charge is -2.57. The zero-order valence-corrected chi connectivity index (χ0v) is 10.1. The second-order valence-corrected chi connectivity index (χ2v) is 6.83. The minimum Gasteiger partial charge on any atom is -0.623 e. The van der Waals surface area contributed by atoms with Gasteiger partial charge in [0.15, 0.2) is 11.3 Å². The van der Waals surface area contributed by atoms with Gasteiger partial charge in [-0.25, -0.2) is 4.74 Å². The Morgan fingerprint density at radius 2 is 1.62 bits per heavy atom. The van der Waals surface area contributed by atoms with Gasteiger partial charge in [0.25, 0.3) is 0 Å². The summed E-state index contributed by atoms with van der Waals surface area (Å²) < 4.78 is 1.47. The molecule has 0 aromatic rings. The van der Waals surface area contributed by atoms with E-state index in [1.807, 2.05) is 6.92 Å². The SMILES string of the molecule is CC1=[N+]([O-])C2(CC1)C1CC3CC(C1)CC2C3. The second-order valence-electron chi connectivity index (χ2n) is 6.83. The summed E-state index contributed by atoms with van der Waals surface area (Å²) in [5.41, 5.74) is 1.17. The fourth-order valence-electron chi connectivity index (χ4n) is 5.68. The molecule has 0 amide bonds. The molecule has 88 valence electrons. The molecule has 0 saturated heterocycles. The number of hydroxylamine groups is 1. The summed E-state index contributed by atoms with van der Waals surface area (Å²) in [5, 5.41) is 12.5. The third-order valence-electron chi connectivity index (χ3n) is 6.16. The molecule has 2 nitrogen and oxygen atoms in total. The zero-order chi connectivity index (χ0) is 10.9. The van der Waals surface area contributed by atoms with Gasteiger partial charge in [0.2, 0.25) is 0 Å². The third kappa shape index (κ3) is 0.930. The van der Waals surface area contributed by atoms with E-state index in [4.69, 9.17) is 0 Å². The van der Waals surface area contributed by atoms with Gasteiger partial charge in [0, 0.05) is 31.6 Å². The zero-order valence-electron chi connectivity index (χ0n) is 10.1. The first-order valence-corrected chi connectivity index (χ1v) is 7.00. The van der Waals surface area contributed by atoms with Crippen LogP contribution in [0, 0.1) is 28.9 Å². The van der Waals surface area contributed by atoms with E-state index in [0.29, 0.717) is 0 Å². The van der Waals surface area contributed by atoms with E-state index >= 15 is 0 Å². The Morgan fingerprint density at radius 3 is 2.06 bits per heavy atom. The van der Waals surface area contributed by atoms with Crippen LogP contribution in [0.2, 0.25) is 0 Å². The molecule has 4 aliphatic carbocycles. The van der Waals surface area contributed by atoms with Gasteiger partial charge >= 0.3 is 0 Å². The molecular formula is C14H21NO. The Kier molecular flexibility index (Phi) is 1.68. The summed E-state index contributed by atoms with van der Waals surface area (Å²) in [5.74, 6) is 3.42.